The highest BCUT2D eigenvalue weighted by molar-refractivity contribution is 7.19. The quantitative estimate of drug-likeness (QED) is 0.900. The number of nitrogens with two attached hydrogens (primary N) is 1. The van der Waals surface area contributed by atoms with Crippen LogP contribution in [0.4, 0.5) is 0 Å². The number of benzene rings is 1. The van der Waals surface area contributed by atoms with Gasteiger partial charge >= 0.3 is 0 Å². The van der Waals surface area contributed by atoms with E-state index in [0.29, 0.717) is 11.6 Å². The Hall–Kier alpha value is -0.840. The Kier molecular flexibility index (Phi) is 3.09. The molecule has 2 N–H and O–H groups in total. The lowest BCUT2D eigenvalue weighted by Gasteiger charge is -2.00. The molecular formula is C10H11ClN2OS. The van der Waals surface area contributed by atoms with Crippen LogP contribution in [0.3, 0.4) is 0 Å². The molecule has 0 saturated carbocycles. The van der Waals surface area contributed by atoms with Gasteiger partial charge in [-0.3, -0.25) is 0 Å². The third-order valence-electron chi connectivity index (χ3n) is 2.08. The maximum absolute atomic E-state index is 6.08. The molecule has 0 fully saturated rings. The molecule has 0 bridgehead atoms. The smallest absolute Gasteiger partial charge is 0.146 e. The van der Waals surface area contributed by atoms with E-state index in [0.717, 1.165) is 27.4 Å². The zero-order valence-electron chi connectivity index (χ0n) is 8.29. The lowest BCUT2D eigenvalue weighted by atomic mass is 10.3. The third-order valence-corrected chi connectivity index (χ3v) is 3.66. The molecule has 1 heterocycles. The first-order chi connectivity index (χ1) is 7.26. The minimum Gasteiger partial charge on any atom is -0.494 e. The standard InChI is InChI=1S/C10H11ClN2OS/c1-14-7-3-2-6(11)10-9(7)13-8(15-10)4-5-12/h2-3H,4-5,12H2,1H3. The summed E-state index contributed by atoms with van der Waals surface area (Å²) in [6.07, 6.45) is 0.777. The predicted molar refractivity (Wildman–Crippen MR) is 63.9 cm³/mol. The number of methoxy groups -OCH3 is 1. The Labute approximate surface area is 96.8 Å². The van der Waals surface area contributed by atoms with Crippen LogP contribution in [0.5, 0.6) is 5.75 Å². The van der Waals surface area contributed by atoms with Gasteiger partial charge in [0, 0.05) is 6.42 Å². The molecule has 1 aromatic heterocycles. The van der Waals surface area contributed by atoms with E-state index in [1.165, 1.54) is 0 Å². The highest BCUT2D eigenvalue weighted by Crippen LogP contribution is 2.35. The van der Waals surface area contributed by atoms with Crippen LogP contribution in [0.2, 0.25) is 5.02 Å². The third kappa shape index (κ3) is 1.93. The molecule has 0 unspecified atom stereocenters. The molecule has 0 spiro atoms. The number of fused-ring (bicyclic) bond motifs is 1. The van der Waals surface area contributed by atoms with Gasteiger partial charge in [-0.25, -0.2) is 4.98 Å². The van der Waals surface area contributed by atoms with Gasteiger partial charge in [0.05, 0.1) is 21.8 Å². The molecule has 0 amide bonds. The molecule has 0 atom stereocenters. The van der Waals surface area contributed by atoms with Crippen LogP contribution in [0.25, 0.3) is 10.2 Å². The summed E-state index contributed by atoms with van der Waals surface area (Å²) in [4.78, 5) is 4.46. The van der Waals surface area contributed by atoms with Gasteiger partial charge in [0.25, 0.3) is 0 Å². The van der Waals surface area contributed by atoms with Crippen molar-refractivity contribution in [3.63, 3.8) is 0 Å². The maximum Gasteiger partial charge on any atom is 0.146 e. The number of hydrogen-bond donors (Lipinski definition) is 1. The Morgan fingerprint density at radius 3 is 3.00 bits per heavy atom. The van der Waals surface area contributed by atoms with Crippen LogP contribution in [0, 0.1) is 0 Å². The minimum atomic E-state index is 0.597. The summed E-state index contributed by atoms with van der Waals surface area (Å²) < 4.78 is 6.20. The van der Waals surface area contributed by atoms with E-state index in [-0.39, 0.29) is 0 Å². The van der Waals surface area contributed by atoms with Crippen molar-refractivity contribution >= 4 is 33.2 Å². The largest absolute Gasteiger partial charge is 0.494 e. The summed E-state index contributed by atoms with van der Waals surface area (Å²) in [5.74, 6) is 0.758. The zero-order valence-corrected chi connectivity index (χ0v) is 9.86. The first-order valence-electron chi connectivity index (χ1n) is 4.58. The van der Waals surface area contributed by atoms with Crippen molar-refractivity contribution in [2.24, 2.45) is 5.73 Å². The van der Waals surface area contributed by atoms with Gasteiger partial charge in [0.2, 0.25) is 0 Å². The number of aromatic nitrogens is 1. The normalized spacial score (nSPS) is 10.9. The fourth-order valence-corrected chi connectivity index (χ4v) is 2.66. The van der Waals surface area contributed by atoms with E-state index >= 15 is 0 Å². The van der Waals surface area contributed by atoms with Crippen LogP contribution < -0.4 is 10.5 Å². The van der Waals surface area contributed by atoms with E-state index in [4.69, 9.17) is 22.1 Å². The number of nitrogens with zero attached hydrogens (tertiary/aromatic N) is 1. The van der Waals surface area contributed by atoms with Crippen LogP contribution in [0.15, 0.2) is 12.1 Å². The summed E-state index contributed by atoms with van der Waals surface area (Å²) in [6.45, 7) is 0.597. The van der Waals surface area contributed by atoms with Gasteiger partial charge in [0.15, 0.2) is 0 Å². The molecule has 15 heavy (non-hydrogen) atoms. The molecule has 2 rings (SSSR count). The first-order valence-corrected chi connectivity index (χ1v) is 5.77. The molecular weight excluding hydrogens is 232 g/mol. The Bertz CT molecular complexity index is 483. The van der Waals surface area contributed by atoms with Crippen molar-refractivity contribution in [1.82, 2.24) is 4.98 Å². The SMILES string of the molecule is COc1ccc(Cl)c2sc(CCN)nc12. The second-order valence-corrected chi connectivity index (χ2v) is 4.56. The van der Waals surface area contributed by atoms with Crippen molar-refractivity contribution in [2.45, 2.75) is 6.42 Å². The van der Waals surface area contributed by atoms with Crippen LogP contribution >= 0.6 is 22.9 Å². The number of thiazole rings is 1. The molecule has 0 saturated heterocycles. The van der Waals surface area contributed by atoms with Crippen LogP contribution in [-0.4, -0.2) is 18.6 Å². The Balaban J connectivity index is 2.61. The van der Waals surface area contributed by atoms with Crippen LogP contribution in [0.1, 0.15) is 5.01 Å². The fourth-order valence-electron chi connectivity index (χ4n) is 1.39. The van der Waals surface area contributed by atoms with E-state index in [1.807, 2.05) is 12.1 Å². The monoisotopic (exact) mass is 242 g/mol. The molecule has 0 aliphatic rings. The topological polar surface area (TPSA) is 48.1 Å². The predicted octanol–water partition coefficient (Wildman–Crippen LogP) is 2.46. The fraction of sp³-hybridized carbons (Fsp3) is 0.300. The molecule has 0 radical (unpaired) electrons. The van der Waals surface area contributed by atoms with E-state index in [2.05, 4.69) is 4.98 Å². The minimum absolute atomic E-state index is 0.597. The molecule has 0 aliphatic heterocycles. The molecule has 3 nitrogen and oxygen atoms in total. The number of rotatable bonds is 3. The summed E-state index contributed by atoms with van der Waals surface area (Å²) in [7, 11) is 1.63. The van der Waals surface area contributed by atoms with Crippen molar-refractivity contribution in [2.75, 3.05) is 13.7 Å². The molecule has 1 aromatic carbocycles. The number of ether oxygens (including phenoxy) is 1. The van der Waals surface area contributed by atoms with Gasteiger partial charge in [-0.2, -0.15) is 0 Å². The molecule has 2 aromatic rings. The highest BCUT2D eigenvalue weighted by atomic mass is 35.5. The summed E-state index contributed by atoms with van der Waals surface area (Å²) in [6, 6.07) is 3.66. The van der Waals surface area contributed by atoms with Gasteiger partial charge in [-0.05, 0) is 18.7 Å². The lowest BCUT2D eigenvalue weighted by molar-refractivity contribution is 0.419. The average molecular weight is 243 g/mol. The first kappa shape index (κ1) is 10.7. The molecule has 0 aliphatic carbocycles. The Morgan fingerprint density at radius 2 is 2.33 bits per heavy atom. The van der Waals surface area contributed by atoms with Crippen molar-refractivity contribution in [1.29, 1.82) is 0 Å². The van der Waals surface area contributed by atoms with Crippen molar-refractivity contribution in [3.05, 3.63) is 22.2 Å². The summed E-state index contributed by atoms with van der Waals surface area (Å²) >= 11 is 7.66. The van der Waals surface area contributed by atoms with E-state index < -0.39 is 0 Å². The van der Waals surface area contributed by atoms with Crippen LogP contribution in [-0.2, 0) is 6.42 Å². The number of halogens is 1. The lowest BCUT2D eigenvalue weighted by Crippen LogP contribution is -2.01. The molecule has 80 valence electrons. The number of hydrogen-bond acceptors (Lipinski definition) is 4. The van der Waals surface area contributed by atoms with Gasteiger partial charge in [-0.15, -0.1) is 11.3 Å². The van der Waals surface area contributed by atoms with Gasteiger partial charge in [-0.1, -0.05) is 11.6 Å². The van der Waals surface area contributed by atoms with Crippen molar-refractivity contribution < 1.29 is 4.74 Å². The maximum atomic E-state index is 6.08. The van der Waals surface area contributed by atoms with Crippen molar-refractivity contribution in [3.8, 4) is 5.75 Å². The highest BCUT2D eigenvalue weighted by Gasteiger charge is 2.11. The second-order valence-electron chi connectivity index (χ2n) is 3.07. The van der Waals surface area contributed by atoms with E-state index in [9.17, 15) is 0 Å². The summed E-state index contributed by atoms with van der Waals surface area (Å²) in [5.41, 5.74) is 6.33. The van der Waals surface area contributed by atoms with E-state index in [1.54, 1.807) is 18.4 Å². The van der Waals surface area contributed by atoms with Gasteiger partial charge < -0.3 is 10.5 Å². The molecule has 5 heteroatoms. The summed E-state index contributed by atoms with van der Waals surface area (Å²) in [5, 5.41) is 1.71. The Morgan fingerprint density at radius 1 is 1.53 bits per heavy atom. The van der Waals surface area contributed by atoms with Gasteiger partial charge in [0.1, 0.15) is 11.3 Å². The second kappa shape index (κ2) is 4.35. The zero-order chi connectivity index (χ0) is 10.8. The average Bonchev–Trinajstić information content (AvgIpc) is 2.64.